The van der Waals surface area contributed by atoms with Gasteiger partial charge >= 0.3 is 13.8 Å². The molecule has 10 heteroatoms. The maximum atomic E-state index is 12.5. The highest BCUT2D eigenvalue weighted by molar-refractivity contribution is 7.47. The lowest BCUT2D eigenvalue weighted by Gasteiger charge is -2.20. The summed E-state index contributed by atoms with van der Waals surface area (Å²) in [5.74, 6) is -0.508. The Balaban J connectivity index is 4.22. The van der Waals surface area contributed by atoms with Crippen LogP contribution >= 0.6 is 7.82 Å². The van der Waals surface area contributed by atoms with Crippen molar-refractivity contribution in [2.45, 2.75) is 193 Å². The van der Waals surface area contributed by atoms with Crippen molar-refractivity contribution in [3.05, 3.63) is 60.8 Å². The van der Waals surface area contributed by atoms with E-state index in [2.05, 4.69) is 56.4 Å². The smallest absolute Gasteiger partial charge is 0.457 e. The number of unbranched alkanes of at least 4 members (excludes halogenated alkanes) is 19. The molecule has 0 aliphatic rings. The molecule has 0 fully saturated rings. The van der Waals surface area contributed by atoms with Crippen LogP contribution in [0.2, 0.25) is 0 Å². The third-order valence-electron chi connectivity index (χ3n) is 9.25. The summed E-state index contributed by atoms with van der Waals surface area (Å²) in [7, 11) is -4.54. The van der Waals surface area contributed by atoms with E-state index in [-0.39, 0.29) is 13.0 Å². The van der Waals surface area contributed by atoms with Crippen LogP contribution in [0.1, 0.15) is 181 Å². The van der Waals surface area contributed by atoms with Crippen molar-refractivity contribution in [3.63, 3.8) is 0 Å². The van der Waals surface area contributed by atoms with E-state index >= 15 is 0 Å². The van der Waals surface area contributed by atoms with Gasteiger partial charge in [0.05, 0.1) is 32.8 Å². The number of phosphoric acid groups is 1. The molecule has 0 aromatic carbocycles. The Labute approximate surface area is 342 Å². The van der Waals surface area contributed by atoms with Crippen LogP contribution in [0.5, 0.6) is 0 Å². The van der Waals surface area contributed by atoms with Crippen molar-refractivity contribution in [1.82, 2.24) is 0 Å². The van der Waals surface area contributed by atoms with Crippen LogP contribution in [0.25, 0.3) is 0 Å². The van der Waals surface area contributed by atoms with Crippen LogP contribution in [0.3, 0.4) is 0 Å². The minimum atomic E-state index is -4.54. The zero-order valence-electron chi connectivity index (χ0n) is 35.6. The second kappa shape index (κ2) is 42.8. The average molecular weight is 811 g/mol. The van der Waals surface area contributed by atoms with Gasteiger partial charge in [-0.15, -0.1) is 0 Å². The number of rotatable bonds is 42. The van der Waals surface area contributed by atoms with Gasteiger partial charge in [0.1, 0.15) is 12.2 Å². The van der Waals surface area contributed by atoms with Crippen LogP contribution < -0.4 is 0 Å². The molecule has 0 bridgehead atoms. The van der Waals surface area contributed by atoms with Gasteiger partial charge in [-0.2, -0.15) is 0 Å². The summed E-state index contributed by atoms with van der Waals surface area (Å²) >= 11 is 0. The number of allylic oxidation sites excluding steroid dienone is 9. The summed E-state index contributed by atoms with van der Waals surface area (Å²) in [4.78, 5) is 22.5. The fraction of sp³-hybridized carbons (Fsp3) is 0.761. The summed E-state index contributed by atoms with van der Waals surface area (Å²) in [5.41, 5.74) is 0. The van der Waals surface area contributed by atoms with Crippen molar-refractivity contribution in [2.75, 3.05) is 33.0 Å². The zero-order valence-corrected chi connectivity index (χ0v) is 36.5. The Kier molecular flexibility index (Phi) is 41.4. The molecular weight excluding hydrogens is 727 g/mol. The molecule has 0 rings (SSSR count). The number of ether oxygens (including phenoxy) is 2. The lowest BCUT2D eigenvalue weighted by atomic mass is 10.0. The summed E-state index contributed by atoms with van der Waals surface area (Å²) < 4.78 is 33.2. The van der Waals surface area contributed by atoms with Gasteiger partial charge in [-0.05, 0) is 38.5 Å². The first kappa shape index (κ1) is 54.2. The van der Waals surface area contributed by atoms with Crippen LogP contribution in [-0.2, 0) is 27.9 Å². The first-order valence-electron chi connectivity index (χ1n) is 22.3. The van der Waals surface area contributed by atoms with Gasteiger partial charge in [-0.25, -0.2) is 4.57 Å². The van der Waals surface area contributed by atoms with Crippen LogP contribution in [0.15, 0.2) is 60.8 Å². The van der Waals surface area contributed by atoms with Crippen LogP contribution in [0.4, 0.5) is 0 Å². The van der Waals surface area contributed by atoms with Gasteiger partial charge in [-0.3, -0.25) is 13.8 Å². The van der Waals surface area contributed by atoms with Gasteiger partial charge in [0, 0.05) is 6.61 Å². The first-order chi connectivity index (χ1) is 27.3. The quantitative estimate of drug-likeness (QED) is 0.0239. The topological polar surface area (TPSA) is 132 Å². The second-order valence-corrected chi connectivity index (χ2v) is 16.2. The van der Waals surface area contributed by atoms with Crippen molar-refractivity contribution >= 4 is 13.8 Å². The van der Waals surface area contributed by atoms with Gasteiger partial charge in [0.25, 0.3) is 0 Å². The second-order valence-electron chi connectivity index (χ2n) is 14.7. The number of esters is 1. The number of aliphatic hydroxyl groups excluding tert-OH is 2. The van der Waals surface area contributed by atoms with Crippen LogP contribution in [-0.4, -0.2) is 66.3 Å². The SMILES string of the molecule is CC/C=C\C/C=C\C/C=C\C/C=C\C/C=C\CC(=O)OC(COCCCCCCCCCCCCCCCCCCCCCC)COP(=O)(O)OCC(O)CO. The third kappa shape index (κ3) is 41.8. The number of hydrogen-bond donors (Lipinski definition) is 3. The highest BCUT2D eigenvalue weighted by Gasteiger charge is 2.26. The van der Waals surface area contributed by atoms with E-state index in [9.17, 15) is 19.4 Å². The standard InChI is InChI=1S/C46H83O9P/c1-3-5-7-9-11-13-15-17-19-20-21-22-23-25-27-29-31-33-35-37-39-52-42-45(43-54-56(50,51)53-41-44(48)40-47)55-46(49)38-36-34-32-30-28-26-24-18-16-14-12-10-8-6-4-2/h6,8,12,14,18,24,28,30,34,36,44-45,47-48H,3-5,7,9-11,13,15-17,19-23,25-27,29,31-33,35,37-43H2,1-2H3,(H,50,51)/b8-6-,14-12-,24-18-,30-28-,36-34-. The monoisotopic (exact) mass is 811 g/mol. The molecule has 3 N–H and O–H groups in total. The van der Waals surface area contributed by atoms with Gasteiger partial charge in [0.2, 0.25) is 0 Å². The van der Waals surface area contributed by atoms with Crippen molar-refractivity contribution in [1.29, 1.82) is 0 Å². The molecule has 326 valence electrons. The van der Waals surface area contributed by atoms with E-state index in [1.165, 1.54) is 109 Å². The lowest BCUT2D eigenvalue weighted by Crippen LogP contribution is -2.28. The summed E-state index contributed by atoms with van der Waals surface area (Å²) in [6.45, 7) is 3.28. The zero-order chi connectivity index (χ0) is 41.1. The van der Waals surface area contributed by atoms with E-state index in [4.69, 9.17) is 23.6 Å². The maximum Gasteiger partial charge on any atom is 0.472 e. The number of hydrogen-bond acceptors (Lipinski definition) is 8. The van der Waals surface area contributed by atoms with E-state index in [1.807, 2.05) is 12.2 Å². The average Bonchev–Trinajstić information content (AvgIpc) is 3.19. The minimum absolute atomic E-state index is 0.00972. The molecule has 0 spiro atoms. The Bertz CT molecular complexity index is 1060. The predicted molar refractivity (Wildman–Crippen MR) is 233 cm³/mol. The normalized spacial score (nSPS) is 14.6. The van der Waals surface area contributed by atoms with E-state index in [1.54, 1.807) is 6.08 Å². The van der Waals surface area contributed by atoms with Gasteiger partial charge in [-0.1, -0.05) is 197 Å². The molecule has 0 saturated carbocycles. The van der Waals surface area contributed by atoms with E-state index in [0.29, 0.717) is 13.0 Å². The van der Waals surface area contributed by atoms with Crippen molar-refractivity contribution < 1.29 is 43.0 Å². The number of aliphatic hydroxyl groups is 2. The minimum Gasteiger partial charge on any atom is -0.457 e. The highest BCUT2D eigenvalue weighted by atomic mass is 31.2. The molecule has 0 aromatic heterocycles. The molecule has 0 heterocycles. The molecule has 9 nitrogen and oxygen atoms in total. The molecule has 0 aliphatic carbocycles. The summed E-state index contributed by atoms with van der Waals surface area (Å²) in [5, 5.41) is 18.3. The lowest BCUT2D eigenvalue weighted by molar-refractivity contribution is -0.153. The fourth-order valence-electron chi connectivity index (χ4n) is 5.90. The Morgan fingerprint density at radius 1 is 0.554 bits per heavy atom. The summed E-state index contributed by atoms with van der Waals surface area (Å²) in [6.07, 6.45) is 49.3. The molecule has 0 radical (unpaired) electrons. The number of carbonyl (C=O) groups excluding carboxylic acids is 1. The van der Waals surface area contributed by atoms with Crippen molar-refractivity contribution in [2.24, 2.45) is 0 Å². The number of phosphoric ester groups is 1. The Hall–Kier alpha value is -1.84. The van der Waals surface area contributed by atoms with Gasteiger partial charge < -0.3 is 24.6 Å². The molecular formula is C46H83O9P. The Morgan fingerprint density at radius 2 is 0.946 bits per heavy atom. The maximum absolute atomic E-state index is 12.5. The fourth-order valence-corrected chi connectivity index (χ4v) is 6.69. The van der Waals surface area contributed by atoms with E-state index < -0.39 is 45.8 Å². The highest BCUT2D eigenvalue weighted by Crippen LogP contribution is 2.43. The molecule has 0 amide bonds. The molecule has 3 atom stereocenters. The summed E-state index contributed by atoms with van der Waals surface area (Å²) in [6, 6.07) is 0. The number of carbonyl (C=O) groups is 1. The first-order valence-corrected chi connectivity index (χ1v) is 23.8. The predicted octanol–water partition coefficient (Wildman–Crippen LogP) is 12.4. The molecule has 3 unspecified atom stereocenters. The van der Waals surface area contributed by atoms with Gasteiger partial charge in [0.15, 0.2) is 0 Å². The Morgan fingerprint density at radius 3 is 1.38 bits per heavy atom. The van der Waals surface area contributed by atoms with E-state index in [0.717, 1.165) is 44.9 Å². The molecule has 0 aliphatic heterocycles. The molecule has 0 saturated heterocycles. The largest absolute Gasteiger partial charge is 0.472 e. The molecule has 0 aromatic rings. The van der Waals surface area contributed by atoms with Crippen molar-refractivity contribution in [3.8, 4) is 0 Å². The molecule has 56 heavy (non-hydrogen) atoms. The third-order valence-corrected chi connectivity index (χ3v) is 10.2. The van der Waals surface area contributed by atoms with Crippen LogP contribution in [0, 0.1) is 0 Å².